The fraction of sp³-hybridized carbons (Fsp3) is 0.263. The molecular weight excluding hydrogens is 345 g/mol. The van der Waals surface area contributed by atoms with Crippen LogP contribution in [0.25, 0.3) is 0 Å². The number of alkyl halides is 3. The Morgan fingerprint density at radius 3 is 2.38 bits per heavy atom. The molecule has 26 heavy (non-hydrogen) atoms. The molecule has 0 heterocycles. The van der Waals surface area contributed by atoms with Crippen LogP contribution in [-0.4, -0.2) is 23.3 Å². The highest BCUT2D eigenvalue weighted by Crippen LogP contribution is 2.30. The van der Waals surface area contributed by atoms with Crippen molar-refractivity contribution < 1.29 is 22.8 Å². The fourth-order valence-electron chi connectivity index (χ4n) is 2.46. The van der Waals surface area contributed by atoms with Gasteiger partial charge in [0.15, 0.2) is 0 Å². The second-order valence-electron chi connectivity index (χ2n) is 5.99. The molecule has 0 spiro atoms. The first kappa shape index (κ1) is 19.5. The van der Waals surface area contributed by atoms with Gasteiger partial charge in [0.05, 0.1) is 5.56 Å². The molecule has 0 aromatic heterocycles. The van der Waals surface area contributed by atoms with Crippen LogP contribution < -0.4 is 5.32 Å². The third-order valence-corrected chi connectivity index (χ3v) is 3.71. The number of halogens is 3. The minimum atomic E-state index is -4.49. The number of nitrogens with one attached hydrogen (secondary N) is 1. The van der Waals surface area contributed by atoms with Gasteiger partial charge < -0.3 is 10.2 Å². The number of hydrogen-bond donors (Lipinski definition) is 1. The molecular formula is C19H19F3N2O2. The van der Waals surface area contributed by atoms with Crippen molar-refractivity contribution in [3.8, 4) is 0 Å². The Morgan fingerprint density at radius 2 is 1.77 bits per heavy atom. The summed E-state index contributed by atoms with van der Waals surface area (Å²) < 4.78 is 38.2. The van der Waals surface area contributed by atoms with E-state index in [1.54, 1.807) is 0 Å². The smallest absolute Gasteiger partial charge is 0.329 e. The van der Waals surface area contributed by atoms with Gasteiger partial charge in [0, 0.05) is 19.2 Å². The van der Waals surface area contributed by atoms with Gasteiger partial charge in [-0.2, -0.15) is 13.2 Å². The van der Waals surface area contributed by atoms with Gasteiger partial charge in [-0.05, 0) is 30.7 Å². The van der Waals surface area contributed by atoms with Crippen molar-refractivity contribution in [2.45, 2.75) is 26.6 Å². The van der Waals surface area contributed by atoms with Crippen LogP contribution in [0.15, 0.2) is 48.5 Å². The average molecular weight is 364 g/mol. The molecule has 1 N–H and O–H groups in total. The van der Waals surface area contributed by atoms with E-state index >= 15 is 0 Å². The van der Waals surface area contributed by atoms with Crippen LogP contribution >= 0.6 is 0 Å². The lowest BCUT2D eigenvalue weighted by molar-refractivity contribution is -0.137. The quantitative estimate of drug-likeness (QED) is 0.872. The molecule has 0 aliphatic heterocycles. The zero-order chi connectivity index (χ0) is 19.3. The van der Waals surface area contributed by atoms with E-state index in [1.165, 1.54) is 24.0 Å². The topological polar surface area (TPSA) is 49.4 Å². The summed E-state index contributed by atoms with van der Waals surface area (Å²) in [7, 11) is 0. The van der Waals surface area contributed by atoms with Gasteiger partial charge in [0.2, 0.25) is 11.8 Å². The Bertz CT molecular complexity index is 803. The van der Waals surface area contributed by atoms with Crippen LogP contribution in [0.1, 0.15) is 23.6 Å². The number of carbonyl (C=O) groups is 2. The summed E-state index contributed by atoms with van der Waals surface area (Å²) in [5.74, 6) is -0.863. The third kappa shape index (κ3) is 5.61. The number of amides is 2. The zero-order valence-corrected chi connectivity index (χ0v) is 14.4. The molecule has 2 aromatic carbocycles. The minimum absolute atomic E-state index is 0.0314. The van der Waals surface area contributed by atoms with E-state index in [0.29, 0.717) is 0 Å². The SMILES string of the molecule is CC(=O)N(CC(=O)Nc1cccc(C(F)(F)F)c1)Cc1cccc(C)c1. The summed E-state index contributed by atoms with van der Waals surface area (Å²) in [5, 5.41) is 2.40. The van der Waals surface area contributed by atoms with E-state index in [9.17, 15) is 22.8 Å². The van der Waals surface area contributed by atoms with E-state index in [-0.39, 0.29) is 24.7 Å². The van der Waals surface area contributed by atoms with Gasteiger partial charge >= 0.3 is 6.18 Å². The molecule has 2 amide bonds. The van der Waals surface area contributed by atoms with Gasteiger partial charge in [0.25, 0.3) is 0 Å². The number of hydrogen-bond acceptors (Lipinski definition) is 2. The molecule has 2 aromatic rings. The number of nitrogens with zero attached hydrogens (tertiary/aromatic N) is 1. The zero-order valence-electron chi connectivity index (χ0n) is 14.4. The molecule has 0 saturated heterocycles. The van der Waals surface area contributed by atoms with Crippen LogP contribution in [0.3, 0.4) is 0 Å². The van der Waals surface area contributed by atoms with Crippen LogP contribution in [-0.2, 0) is 22.3 Å². The van der Waals surface area contributed by atoms with Gasteiger partial charge in [0.1, 0.15) is 6.54 Å². The molecule has 0 aliphatic carbocycles. The fourth-order valence-corrected chi connectivity index (χ4v) is 2.46. The monoisotopic (exact) mass is 364 g/mol. The van der Waals surface area contributed by atoms with Crippen LogP contribution in [0.5, 0.6) is 0 Å². The molecule has 0 fully saturated rings. The summed E-state index contributed by atoms with van der Waals surface area (Å²) >= 11 is 0. The number of anilines is 1. The molecule has 0 radical (unpaired) electrons. The molecule has 7 heteroatoms. The molecule has 0 aliphatic rings. The molecule has 4 nitrogen and oxygen atoms in total. The number of aryl methyl sites for hydroxylation is 1. The average Bonchev–Trinajstić information content (AvgIpc) is 2.53. The largest absolute Gasteiger partial charge is 0.416 e. The Labute approximate surface area is 149 Å². The van der Waals surface area contributed by atoms with E-state index in [0.717, 1.165) is 23.3 Å². The molecule has 0 saturated carbocycles. The van der Waals surface area contributed by atoms with E-state index in [1.807, 2.05) is 31.2 Å². The summed E-state index contributed by atoms with van der Waals surface area (Å²) in [6.07, 6.45) is -4.49. The highest BCUT2D eigenvalue weighted by atomic mass is 19.4. The summed E-state index contributed by atoms with van der Waals surface area (Å²) in [5.41, 5.74) is 1.08. The van der Waals surface area contributed by atoms with E-state index in [2.05, 4.69) is 5.32 Å². The predicted octanol–water partition coefficient (Wildman–Crippen LogP) is 4.00. The molecule has 0 atom stereocenters. The van der Waals surface area contributed by atoms with Crippen molar-refractivity contribution in [1.29, 1.82) is 0 Å². The van der Waals surface area contributed by atoms with Gasteiger partial charge in [-0.15, -0.1) is 0 Å². The van der Waals surface area contributed by atoms with Crippen LogP contribution in [0, 0.1) is 6.92 Å². The first-order chi connectivity index (χ1) is 12.1. The maximum absolute atomic E-state index is 12.7. The Hall–Kier alpha value is -2.83. The van der Waals surface area contributed by atoms with E-state index in [4.69, 9.17) is 0 Å². The van der Waals surface area contributed by atoms with Crippen LogP contribution in [0.2, 0.25) is 0 Å². The third-order valence-electron chi connectivity index (χ3n) is 3.71. The Balaban J connectivity index is 2.05. The lowest BCUT2D eigenvalue weighted by Crippen LogP contribution is -2.36. The highest BCUT2D eigenvalue weighted by molar-refractivity contribution is 5.94. The van der Waals surface area contributed by atoms with Crippen molar-refractivity contribution in [2.75, 3.05) is 11.9 Å². The lowest BCUT2D eigenvalue weighted by atomic mass is 10.1. The van der Waals surface area contributed by atoms with E-state index < -0.39 is 17.6 Å². The van der Waals surface area contributed by atoms with Crippen molar-refractivity contribution in [2.24, 2.45) is 0 Å². The molecule has 0 bridgehead atoms. The summed E-state index contributed by atoms with van der Waals surface area (Å²) in [4.78, 5) is 25.3. The normalized spacial score (nSPS) is 11.1. The van der Waals surface area contributed by atoms with Gasteiger partial charge in [-0.3, -0.25) is 9.59 Å². The van der Waals surface area contributed by atoms with Crippen molar-refractivity contribution >= 4 is 17.5 Å². The second-order valence-corrected chi connectivity index (χ2v) is 5.99. The van der Waals surface area contributed by atoms with Crippen molar-refractivity contribution in [1.82, 2.24) is 4.90 Å². The minimum Gasteiger partial charge on any atom is -0.329 e. The Kier molecular flexibility index (Phi) is 6.02. The Morgan fingerprint density at radius 1 is 1.08 bits per heavy atom. The number of rotatable bonds is 5. The molecule has 138 valence electrons. The summed E-state index contributed by atoms with van der Waals surface area (Å²) in [6.45, 7) is 3.25. The van der Waals surface area contributed by atoms with Crippen molar-refractivity contribution in [3.63, 3.8) is 0 Å². The van der Waals surface area contributed by atoms with Gasteiger partial charge in [-0.1, -0.05) is 35.9 Å². The summed E-state index contributed by atoms with van der Waals surface area (Å²) in [6, 6.07) is 11.9. The lowest BCUT2D eigenvalue weighted by Gasteiger charge is -2.21. The maximum atomic E-state index is 12.7. The molecule has 0 unspecified atom stereocenters. The van der Waals surface area contributed by atoms with Crippen molar-refractivity contribution in [3.05, 3.63) is 65.2 Å². The first-order valence-corrected chi connectivity index (χ1v) is 7.93. The second kappa shape index (κ2) is 8.03. The molecule has 2 rings (SSSR count). The number of benzene rings is 2. The number of carbonyl (C=O) groups excluding carboxylic acids is 2. The highest BCUT2D eigenvalue weighted by Gasteiger charge is 2.30. The first-order valence-electron chi connectivity index (χ1n) is 7.93. The standard InChI is InChI=1S/C19H19F3N2O2/c1-13-5-3-6-15(9-13)11-24(14(2)25)12-18(26)23-17-8-4-7-16(10-17)19(20,21)22/h3-10H,11-12H2,1-2H3,(H,23,26). The maximum Gasteiger partial charge on any atom is 0.416 e. The van der Waals surface area contributed by atoms with Crippen LogP contribution in [0.4, 0.5) is 18.9 Å². The van der Waals surface area contributed by atoms with Gasteiger partial charge in [-0.25, -0.2) is 0 Å². The predicted molar refractivity (Wildman–Crippen MR) is 92.3 cm³/mol.